The van der Waals surface area contributed by atoms with Gasteiger partial charge in [0.05, 0.1) is 19.2 Å². The Bertz CT molecular complexity index is 769. The standard InChI is InChI=1S/C20H30N4O7/c1-3-11(2)17(20(30)31)24-16(27)9-22-19(29)15(10-25)23-18(28)14(21)8-12-4-6-13(26)7-5-12/h4-7,11,14-15,17,25-26H,3,8-10,21H2,1-2H3,(H,22,29)(H,23,28)(H,24,27)(H,30,31). The molecule has 0 aromatic heterocycles. The average molecular weight is 438 g/mol. The molecule has 31 heavy (non-hydrogen) atoms. The second kappa shape index (κ2) is 12.5. The highest BCUT2D eigenvalue weighted by molar-refractivity contribution is 5.92. The first-order valence-electron chi connectivity index (χ1n) is 9.83. The number of aliphatic hydroxyl groups is 1. The van der Waals surface area contributed by atoms with E-state index >= 15 is 0 Å². The molecule has 172 valence electrons. The lowest BCUT2D eigenvalue weighted by Gasteiger charge is -2.21. The van der Waals surface area contributed by atoms with E-state index in [-0.39, 0.29) is 18.1 Å². The van der Waals surface area contributed by atoms with Crippen molar-refractivity contribution in [3.8, 4) is 5.75 Å². The molecular weight excluding hydrogens is 408 g/mol. The van der Waals surface area contributed by atoms with Crippen molar-refractivity contribution in [2.24, 2.45) is 11.7 Å². The molecule has 0 bridgehead atoms. The zero-order chi connectivity index (χ0) is 23.6. The van der Waals surface area contributed by atoms with Gasteiger partial charge in [0.15, 0.2) is 0 Å². The van der Waals surface area contributed by atoms with E-state index in [1.807, 2.05) is 0 Å². The van der Waals surface area contributed by atoms with Gasteiger partial charge < -0.3 is 37.0 Å². The maximum Gasteiger partial charge on any atom is 0.326 e. The summed E-state index contributed by atoms with van der Waals surface area (Å²) in [5.74, 6) is -3.64. The summed E-state index contributed by atoms with van der Waals surface area (Å²) in [6, 6.07) is 2.65. The molecule has 1 rings (SSSR count). The van der Waals surface area contributed by atoms with Crippen molar-refractivity contribution in [3.05, 3.63) is 29.8 Å². The van der Waals surface area contributed by atoms with E-state index in [1.54, 1.807) is 26.0 Å². The normalized spacial score (nSPS) is 14.6. The van der Waals surface area contributed by atoms with E-state index in [9.17, 15) is 34.5 Å². The molecule has 0 aliphatic rings. The van der Waals surface area contributed by atoms with Crippen LogP contribution in [0.2, 0.25) is 0 Å². The number of hydrogen-bond donors (Lipinski definition) is 7. The van der Waals surface area contributed by atoms with Crippen LogP contribution in [0, 0.1) is 5.92 Å². The van der Waals surface area contributed by atoms with Gasteiger partial charge in [-0.2, -0.15) is 0 Å². The number of hydrogen-bond acceptors (Lipinski definition) is 7. The summed E-state index contributed by atoms with van der Waals surface area (Å²) < 4.78 is 0. The van der Waals surface area contributed by atoms with Crippen molar-refractivity contribution >= 4 is 23.7 Å². The maximum atomic E-state index is 12.2. The minimum atomic E-state index is -1.34. The number of nitrogens with two attached hydrogens (primary N) is 1. The van der Waals surface area contributed by atoms with Gasteiger partial charge >= 0.3 is 5.97 Å². The minimum Gasteiger partial charge on any atom is -0.508 e. The highest BCUT2D eigenvalue weighted by Crippen LogP contribution is 2.11. The quantitative estimate of drug-likeness (QED) is 0.204. The summed E-state index contributed by atoms with van der Waals surface area (Å²) >= 11 is 0. The van der Waals surface area contributed by atoms with Gasteiger partial charge in [0.1, 0.15) is 17.8 Å². The molecular formula is C20H30N4O7. The summed E-state index contributed by atoms with van der Waals surface area (Å²) in [4.78, 5) is 47.7. The van der Waals surface area contributed by atoms with E-state index in [1.165, 1.54) is 12.1 Å². The van der Waals surface area contributed by atoms with Crippen LogP contribution >= 0.6 is 0 Å². The Morgan fingerprint density at radius 2 is 1.68 bits per heavy atom. The summed E-state index contributed by atoms with van der Waals surface area (Å²) in [6.07, 6.45) is 0.674. The third-order valence-electron chi connectivity index (χ3n) is 4.76. The summed E-state index contributed by atoms with van der Waals surface area (Å²) in [6.45, 7) is 2.21. The number of phenolic OH excluding ortho intramolecular Hbond substituents is 1. The fourth-order valence-electron chi connectivity index (χ4n) is 2.65. The summed E-state index contributed by atoms with van der Waals surface area (Å²) in [5, 5.41) is 34.8. The topological polar surface area (TPSA) is 191 Å². The first-order chi connectivity index (χ1) is 14.6. The Morgan fingerprint density at radius 3 is 2.19 bits per heavy atom. The molecule has 0 saturated carbocycles. The smallest absolute Gasteiger partial charge is 0.326 e. The second-order valence-electron chi connectivity index (χ2n) is 7.21. The van der Waals surface area contributed by atoms with Gasteiger partial charge in [0.25, 0.3) is 0 Å². The molecule has 1 aromatic rings. The van der Waals surface area contributed by atoms with Gasteiger partial charge in [-0.15, -0.1) is 0 Å². The predicted octanol–water partition coefficient (Wildman–Crippen LogP) is -1.53. The first-order valence-corrected chi connectivity index (χ1v) is 9.83. The van der Waals surface area contributed by atoms with E-state index in [4.69, 9.17) is 5.73 Å². The summed E-state index contributed by atoms with van der Waals surface area (Å²) in [5.41, 5.74) is 6.52. The number of aromatic hydroxyl groups is 1. The number of rotatable bonds is 12. The lowest BCUT2D eigenvalue weighted by molar-refractivity contribution is -0.143. The number of carboxylic acid groups (broad SMARTS) is 1. The van der Waals surface area contributed by atoms with Crippen molar-refractivity contribution in [1.29, 1.82) is 0 Å². The van der Waals surface area contributed by atoms with E-state index in [0.717, 1.165) is 0 Å². The molecule has 4 unspecified atom stereocenters. The molecule has 11 heteroatoms. The highest BCUT2D eigenvalue weighted by atomic mass is 16.4. The molecule has 0 radical (unpaired) electrons. The lowest BCUT2D eigenvalue weighted by Crippen LogP contribution is -2.55. The molecule has 0 aliphatic heterocycles. The van der Waals surface area contributed by atoms with Crippen molar-refractivity contribution < 1.29 is 34.5 Å². The van der Waals surface area contributed by atoms with Crippen LogP contribution < -0.4 is 21.7 Å². The van der Waals surface area contributed by atoms with Gasteiger partial charge in [-0.3, -0.25) is 14.4 Å². The molecule has 0 fully saturated rings. The van der Waals surface area contributed by atoms with Gasteiger partial charge in [-0.25, -0.2) is 4.79 Å². The highest BCUT2D eigenvalue weighted by Gasteiger charge is 2.27. The predicted molar refractivity (Wildman–Crippen MR) is 111 cm³/mol. The number of amides is 3. The molecule has 1 aromatic carbocycles. The Hall–Kier alpha value is -3.18. The molecule has 0 heterocycles. The zero-order valence-corrected chi connectivity index (χ0v) is 17.5. The number of phenols is 1. The third-order valence-corrected chi connectivity index (χ3v) is 4.76. The molecule has 0 spiro atoms. The number of nitrogens with one attached hydrogen (secondary N) is 3. The van der Waals surface area contributed by atoms with E-state index in [2.05, 4.69) is 16.0 Å². The van der Waals surface area contributed by atoms with E-state index < -0.39 is 55.0 Å². The monoisotopic (exact) mass is 438 g/mol. The molecule has 0 aliphatic carbocycles. The van der Waals surface area contributed by atoms with Crippen molar-refractivity contribution in [2.45, 2.75) is 44.8 Å². The first kappa shape index (κ1) is 25.9. The average Bonchev–Trinajstić information content (AvgIpc) is 2.74. The fourth-order valence-corrected chi connectivity index (χ4v) is 2.65. The van der Waals surface area contributed by atoms with Crippen molar-refractivity contribution in [2.75, 3.05) is 13.2 Å². The molecule has 8 N–H and O–H groups in total. The van der Waals surface area contributed by atoms with Crippen LogP contribution in [0.15, 0.2) is 24.3 Å². The fraction of sp³-hybridized carbons (Fsp3) is 0.500. The maximum absolute atomic E-state index is 12.2. The zero-order valence-electron chi connectivity index (χ0n) is 17.5. The number of carboxylic acids is 1. The number of carbonyl (C=O) groups excluding carboxylic acids is 3. The van der Waals surface area contributed by atoms with Crippen LogP contribution in [0.1, 0.15) is 25.8 Å². The van der Waals surface area contributed by atoms with Crippen molar-refractivity contribution in [3.63, 3.8) is 0 Å². The lowest BCUT2D eigenvalue weighted by atomic mass is 9.99. The minimum absolute atomic E-state index is 0.0710. The van der Waals surface area contributed by atoms with Crippen LogP contribution in [0.4, 0.5) is 0 Å². The van der Waals surface area contributed by atoms with Crippen LogP contribution in [0.5, 0.6) is 5.75 Å². The van der Waals surface area contributed by atoms with Crippen LogP contribution in [-0.2, 0) is 25.6 Å². The van der Waals surface area contributed by atoms with E-state index in [0.29, 0.717) is 12.0 Å². The Morgan fingerprint density at radius 1 is 1.06 bits per heavy atom. The van der Waals surface area contributed by atoms with Crippen LogP contribution in [0.25, 0.3) is 0 Å². The third kappa shape index (κ3) is 8.60. The molecule has 11 nitrogen and oxygen atoms in total. The number of aliphatic carboxylic acids is 1. The number of benzene rings is 1. The molecule has 0 saturated heterocycles. The van der Waals surface area contributed by atoms with Gasteiger partial charge in [-0.1, -0.05) is 32.4 Å². The Balaban J connectivity index is 2.56. The number of aliphatic hydroxyl groups excluding tert-OH is 1. The molecule has 4 atom stereocenters. The molecule has 3 amide bonds. The van der Waals surface area contributed by atoms with Gasteiger partial charge in [0.2, 0.25) is 17.7 Å². The number of carbonyl (C=O) groups is 4. The van der Waals surface area contributed by atoms with Gasteiger partial charge in [0, 0.05) is 0 Å². The largest absolute Gasteiger partial charge is 0.508 e. The Labute approximate surface area is 180 Å². The summed E-state index contributed by atoms with van der Waals surface area (Å²) in [7, 11) is 0. The van der Waals surface area contributed by atoms with Gasteiger partial charge in [-0.05, 0) is 30.0 Å². The Kier molecular flexibility index (Phi) is 10.4. The van der Waals surface area contributed by atoms with Crippen LogP contribution in [-0.4, -0.2) is 70.3 Å². The SMILES string of the molecule is CCC(C)C(NC(=O)CNC(=O)C(CO)NC(=O)C(N)Cc1ccc(O)cc1)C(=O)O. The van der Waals surface area contributed by atoms with Crippen molar-refractivity contribution in [1.82, 2.24) is 16.0 Å². The second-order valence-corrected chi connectivity index (χ2v) is 7.21. The van der Waals surface area contributed by atoms with Crippen LogP contribution in [0.3, 0.4) is 0 Å².